The minimum Gasteiger partial charge on any atom is -0.368 e. The summed E-state index contributed by atoms with van der Waals surface area (Å²) in [5, 5.41) is 8.79. The molecule has 1 aliphatic carbocycles. The number of aromatic amines is 1. The van der Waals surface area contributed by atoms with Crippen LogP contribution in [-0.4, -0.2) is 28.6 Å². The second kappa shape index (κ2) is 10.1. The third kappa shape index (κ3) is 4.41. The van der Waals surface area contributed by atoms with Gasteiger partial charge in [-0.1, -0.05) is 87.9 Å². The minimum absolute atomic E-state index is 0.0359. The Bertz CT molecular complexity index is 1620. The zero-order valence-corrected chi connectivity index (χ0v) is 23.4. The van der Waals surface area contributed by atoms with Crippen LogP contribution in [-0.2, 0) is 21.4 Å². The fraction of sp³-hybridized carbons (Fsp3) is 0.324. The molecule has 2 aliphatic rings. The Hall–Kier alpha value is -4.19. The molecule has 6 rings (SSSR count). The average Bonchev–Trinajstić information content (AvgIpc) is 3.53. The number of amides is 2. The van der Waals surface area contributed by atoms with E-state index < -0.39 is 11.3 Å². The number of anilines is 1. The lowest BCUT2D eigenvalue weighted by atomic mass is 9.88. The number of aromatic nitrogens is 2. The maximum Gasteiger partial charge on any atom is 0.238 e. The van der Waals surface area contributed by atoms with Gasteiger partial charge in [-0.15, -0.1) is 0 Å². The molecule has 40 heavy (non-hydrogen) atoms. The van der Waals surface area contributed by atoms with Crippen LogP contribution in [0.2, 0.25) is 0 Å². The first-order valence-corrected chi connectivity index (χ1v) is 14.3. The standard InChI is InChI=1S/C34H36N4O2/c1-4-21(2)22(3)17-24-11-9-23(10-12-24)13-16-29-26-15-14-25(18-30(26)37-36-29)28-19-34(28)27-7-5-6-8-31(27)38(33(34)40)20-32(35)39/h5-16,18,21-22,28H,4,17,19-20H2,1-3H3,(H2,35,39)(H,36,37)/b16-13+. The van der Waals surface area contributed by atoms with Crippen molar-refractivity contribution in [1.82, 2.24) is 10.2 Å². The highest BCUT2D eigenvalue weighted by Crippen LogP contribution is 2.66. The number of nitrogens with one attached hydrogen (secondary N) is 1. The molecule has 1 saturated carbocycles. The van der Waals surface area contributed by atoms with Crippen molar-refractivity contribution in [3.8, 4) is 0 Å². The van der Waals surface area contributed by atoms with Crippen LogP contribution in [0.4, 0.5) is 5.69 Å². The topological polar surface area (TPSA) is 92.1 Å². The van der Waals surface area contributed by atoms with Gasteiger partial charge in [-0.3, -0.25) is 14.7 Å². The molecule has 6 nitrogen and oxygen atoms in total. The number of para-hydroxylation sites is 1. The molecule has 4 unspecified atom stereocenters. The molecule has 2 amide bonds. The number of fused-ring (bicyclic) bond motifs is 3. The Morgan fingerprint density at radius 2 is 1.88 bits per heavy atom. The maximum absolute atomic E-state index is 13.6. The van der Waals surface area contributed by atoms with E-state index in [1.807, 2.05) is 30.3 Å². The van der Waals surface area contributed by atoms with Crippen LogP contribution >= 0.6 is 0 Å². The van der Waals surface area contributed by atoms with Crippen molar-refractivity contribution in [2.45, 2.75) is 51.4 Å². The number of benzene rings is 3. The Kier molecular flexibility index (Phi) is 6.57. The SMILES string of the molecule is CCC(C)C(C)Cc1ccc(/C=C/c2n[nH]c3cc(C4CC45C(=O)N(CC(N)=O)c4ccccc45)ccc23)cc1. The van der Waals surface area contributed by atoms with E-state index in [-0.39, 0.29) is 18.4 Å². The summed E-state index contributed by atoms with van der Waals surface area (Å²) in [4.78, 5) is 26.8. The van der Waals surface area contributed by atoms with Crippen LogP contribution in [0.3, 0.4) is 0 Å². The monoisotopic (exact) mass is 532 g/mol. The van der Waals surface area contributed by atoms with Crippen molar-refractivity contribution in [3.63, 3.8) is 0 Å². The fourth-order valence-electron chi connectivity index (χ4n) is 6.38. The molecule has 1 fully saturated rings. The van der Waals surface area contributed by atoms with Crippen LogP contribution in [0.25, 0.3) is 23.1 Å². The summed E-state index contributed by atoms with van der Waals surface area (Å²) in [5.74, 6) is 0.903. The van der Waals surface area contributed by atoms with Crippen LogP contribution in [0.5, 0.6) is 0 Å². The summed E-state index contributed by atoms with van der Waals surface area (Å²) >= 11 is 0. The predicted octanol–water partition coefficient (Wildman–Crippen LogP) is 6.22. The summed E-state index contributed by atoms with van der Waals surface area (Å²) in [6.07, 6.45) is 7.18. The van der Waals surface area contributed by atoms with Crippen LogP contribution in [0.1, 0.15) is 67.5 Å². The molecule has 3 aromatic carbocycles. The summed E-state index contributed by atoms with van der Waals surface area (Å²) in [6, 6.07) is 22.9. The second-order valence-corrected chi connectivity index (χ2v) is 11.7. The molecule has 1 aromatic heterocycles. The average molecular weight is 533 g/mol. The van der Waals surface area contributed by atoms with Gasteiger partial charge in [0, 0.05) is 17.0 Å². The van der Waals surface area contributed by atoms with E-state index in [9.17, 15) is 9.59 Å². The van der Waals surface area contributed by atoms with Crippen LogP contribution in [0, 0.1) is 11.8 Å². The maximum atomic E-state index is 13.6. The van der Waals surface area contributed by atoms with Crippen LogP contribution in [0.15, 0.2) is 66.7 Å². The Labute approximate surface area is 235 Å². The van der Waals surface area contributed by atoms with Gasteiger partial charge in [0.15, 0.2) is 0 Å². The van der Waals surface area contributed by atoms with Gasteiger partial charge in [0.2, 0.25) is 11.8 Å². The van der Waals surface area contributed by atoms with Crippen LogP contribution < -0.4 is 10.6 Å². The number of carbonyl (C=O) groups is 2. The van der Waals surface area contributed by atoms with E-state index in [0.29, 0.717) is 5.92 Å². The van der Waals surface area contributed by atoms with Gasteiger partial charge in [-0.25, -0.2) is 0 Å². The second-order valence-electron chi connectivity index (χ2n) is 11.7. The molecular formula is C34H36N4O2. The van der Waals surface area contributed by atoms with E-state index in [4.69, 9.17) is 5.73 Å². The Balaban J connectivity index is 1.20. The molecule has 4 atom stereocenters. The number of nitrogens with zero attached hydrogens (tertiary/aromatic N) is 2. The number of carbonyl (C=O) groups excluding carboxylic acids is 2. The fourth-order valence-corrected chi connectivity index (χ4v) is 6.38. The zero-order valence-electron chi connectivity index (χ0n) is 23.4. The van der Waals surface area contributed by atoms with Gasteiger partial charge >= 0.3 is 0 Å². The van der Waals surface area contributed by atoms with E-state index in [2.05, 4.69) is 79.5 Å². The van der Waals surface area contributed by atoms with E-state index in [0.717, 1.165) is 57.7 Å². The largest absolute Gasteiger partial charge is 0.368 e. The minimum atomic E-state index is -0.624. The van der Waals surface area contributed by atoms with Crippen molar-refractivity contribution >= 4 is 40.6 Å². The highest BCUT2D eigenvalue weighted by molar-refractivity contribution is 6.13. The van der Waals surface area contributed by atoms with Crippen molar-refractivity contribution in [2.24, 2.45) is 17.6 Å². The summed E-state index contributed by atoms with van der Waals surface area (Å²) in [6.45, 7) is 6.82. The molecule has 1 aliphatic heterocycles. The Morgan fingerprint density at radius 3 is 2.62 bits per heavy atom. The number of H-pyrrole nitrogens is 1. The van der Waals surface area contributed by atoms with Gasteiger partial charge in [0.25, 0.3) is 0 Å². The molecule has 4 aromatic rings. The lowest BCUT2D eigenvalue weighted by Gasteiger charge is -2.18. The summed E-state index contributed by atoms with van der Waals surface area (Å²) in [7, 11) is 0. The molecule has 204 valence electrons. The van der Waals surface area contributed by atoms with Gasteiger partial charge in [0.1, 0.15) is 6.54 Å². The lowest BCUT2D eigenvalue weighted by Crippen LogP contribution is -2.39. The molecular weight excluding hydrogens is 496 g/mol. The third-order valence-electron chi connectivity index (χ3n) is 9.18. The van der Waals surface area contributed by atoms with E-state index in [1.54, 1.807) is 4.90 Å². The molecule has 0 radical (unpaired) electrons. The normalized spacial score (nSPS) is 21.3. The lowest BCUT2D eigenvalue weighted by molar-refractivity contribution is -0.123. The molecule has 0 bridgehead atoms. The first-order valence-electron chi connectivity index (χ1n) is 14.3. The molecule has 3 N–H and O–H groups in total. The number of nitrogens with two attached hydrogens (primary N) is 1. The van der Waals surface area contributed by atoms with Gasteiger partial charge in [-0.05, 0) is 65.1 Å². The summed E-state index contributed by atoms with van der Waals surface area (Å²) in [5.41, 5.74) is 12.1. The highest BCUT2D eigenvalue weighted by atomic mass is 16.2. The zero-order chi connectivity index (χ0) is 28.0. The van der Waals surface area contributed by atoms with E-state index >= 15 is 0 Å². The number of hydrogen-bond donors (Lipinski definition) is 2. The van der Waals surface area contributed by atoms with Gasteiger partial charge < -0.3 is 10.6 Å². The highest BCUT2D eigenvalue weighted by Gasteiger charge is 2.67. The molecule has 1 spiro atoms. The predicted molar refractivity (Wildman–Crippen MR) is 161 cm³/mol. The van der Waals surface area contributed by atoms with E-state index in [1.165, 1.54) is 12.0 Å². The number of primary amides is 1. The number of hydrogen-bond acceptors (Lipinski definition) is 3. The first-order chi connectivity index (χ1) is 19.3. The van der Waals surface area contributed by atoms with Crippen molar-refractivity contribution in [1.29, 1.82) is 0 Å². The smallest absolute Gasteiger partial charge is 0.238 e. The van der Waals surface area contributed by atoms with Crippen molar-refractivity contribution in [2.75, 3.05) is 11.4 Å². The summed E-state index contributed by atoms with van der Waals surface area (Å²) < 4.78 is 0. The molecule has 6 heteroatoms. The molecule has 0 saturated heterocycles. The van der Waals surface area contributed by atoms with Crippen molar-refractivity contribution in [3.05, 3.63) is 94.7 Å². The van der Waals surface area contributed by atoms with Gasteiger partial charge in [0.05, 0.1) is 16.6 Å². The van der Waals surface area contributed by atoms with Gasteiger partial charge in [-0.2, -0.15) is 5.10 Å². The van der Waals surface area contributed by atoms with Crippen molar-refractivity contribution < 1.29 is 9.59 Å². The Morgan fingerprint density at radius 1 is 1.10 bits per heavy atom. The molecule has 2 heterocycles. The first kappa shape index (κ1) is 26.1. The third-order valence-corrected chi connectivity index (χ3v) is 9.18. The number of rotatable bonds is 9. The quantitative estimate of drug-likeness (QED) is 0.268.